The summed E-state index contributed by atoms with van der Waals surface area (Å²) in [4.78, 5) is 0. The number of aryl methyl sites for hydroxylation is 6. The van der Waals surface area contributed by atoms with Crippen LogP contribution in [0.15, 0.2) is 182 Å². The van der Waals surface area contributed by atoms with E-state index in [1.54, 1.807) is 0 Å². The van der Waals surface area contributed by atoms with Crippen molar-refractivity contribution in [3.63, 3.8) is 0 Å². The molecule has 0 amide bonds. The second-order valence-electron chi connectivity index (χ2n) is 28.4. The Morgan fingerprint density at radius 3 is 1.57 bits per heavy atom. The zero-order valence-corrected chi connectivity index (χ0v) is 55.7. The third-order valence-electron chi connectivity index (χ3n) is 21.9. The third-order valence-corrected chi connectivity index (χ3v) is 21.9. The Bertz CT molecular complexity index is 4950. The zero-order chi connectivity index (χ0) is 62.4. The van der Waals surface area contributed by atoms with Crippen LogP contribution in [-0.2, 0) is 42.8 Å². The van der Waals surface area contributed by atoms with Gasteiger partial charge in [0.25, 0.3) is 17.1 Å². The van der Waals surface area contributed by atoms with Gasteiger partial charge in [-0.25, -0.2) is 13.7 Å². The Morgan fingerprint density at radius 2 is 0.966 bits per heavy atom. The summed E-state index contributed by atoms with van der Waals surface area (Å²) in [5.41, 5.74) is 27.0. The summed E-state index contributed by atoms with van der Waals surface area (Å²) in [5.74, 6) is 2.04. The molecule has 2 aliphatic heterocycles. The number of fused-ring (bicyclic) bond motifs is 6. The lowest BCUT2D eigenvalue weighted by Crippen LogP contribution is -2.51. The molecule has 15 rings (SSSR count). The van der Waals surface area contributed by atoms with Gasteiger partial charge in [-0.1, -0.05) is 235 Å². The van der Waals surface area contributed by atoms with E-state index in [-0.39, 0.29) is 21.7 Å². The van der Waals surface area contributed by atoms with E-state index in [4.69, 9.17) is 0 Å². The predicted octanol–water partition coefficient (Wildman–Crippen LogP) is 19.1. The van der Waals surface area contributed by atoms with Crippen LogP contribution in [-0.4, -0.2) is 13.5 Å². The second kappa shape index (κ2) is 20.8. The highest BCUT2D eigenvalue weighted by atomic mass is 15.2. The molecule has 0 atom stereocenters. The van der Waals surface area contributed by atoms with Gasteiger partial charge in [-0.3, -0.25) is 0 Å². The minimum Gasteiger partial charge on any atom is -0.232 e. The molecular formula is C82H89N6+3. The minimum absolute atomic E-state index is 0.0121. The number of para-hydroxylation sites is 2. The highest BCUT2D eigenvalue weighted by Crippen LogP contribution is 2.54. The van der Waals surface area contributed by atoms with Gasteiger partial charge in [-0.2, -0.15) is 13.4 Å². The van der Waals surface area contributed by atoms with Crippen molar-refractivity contribution in [1.82, 2.24) is 13.5 Å². The summed E-state index contributed by atoms with van der Waals surface area (Å²) >= 11 is 0. The first-order valence-corrected chi connectivity index (χ1v) is 32.0. The molecule has 7 heterocycles. The molecule has 444 valence electrons. The number of hydrogen-bond donors (Lipinski definition) is 0. The molecule has 13 aromatic rings. The van der Waals surface area contributed by atoms with E-state index >= 15 is 0 Å². The summed E-state index contributed by atoms with van der Waals surface area (Å²) < 4.78 is 14.7. The van der Waals surface area contributed by atoms with E-state index in [0.29, 0.717) is 11.8 Å². The van der Waals surface area contributed by atoms with Crippen molar-refractivity contribution in [2.75, 3.05) is 0 Å². The Morgan fingerprint density at radius 1 is 0.466 bits per heavy atom. The van der Waals surface area contributed by atoms with Crippen LogP contribution < -0.4 is 13.5 Å². The maximum Gasteiger partial charge on any atom is 0.295 e. The van der Waals surface area contributed by atoms with Crippen molar-refractivity contribution in [3.8, 4) is 39.5 Å². The van der Waals surface area contributed by atoms with Crippen LogP contribution in [0.2, 0.25) is 0 Å². The Balaban J connectivity index is 0.000000122. The van der Waals surface area contributed by atoms with Gasteiger partial charge in [-0.15, -0.1) is 0 Å². The molecule has 0 radical (unpaired) electrons. The fraction of sp³-hybridized carbons (Fsp3) is 0.305. The average molecular weight is 1160 g/mol. The standard InChI is InChI=1S/C29H29N2.C29H33N2.C24H27N2/c1-18-12-10-15-20-21-16-11-17-22-25(21)31-26(29(4,5)28(22,2)3)24(19-13-8-7-9-14-19)30(6)27(31)23(18)20;1-20(2)26-18-24(23-13-8-7-9-14-23)19-27(21(3)4)28(26)31-17-16-30(6)29(31)25-15-11-10-12-22(25)5;1-14-10-8-11-16-17-12-9-13-18-20(17)26-21(24(5,6)23(18,3)4)15(2)25(7)22(26)19(14)16/h7-17H,1-6H3;7-21H,1-6H3;8-13H,1-7H3/q3*+1. The number of rotatable bonds is 6. The molecule has 0 saturated carbocycles. The van der Waals surface area contributed by atoms with Crippen LogP contribution in [0.25, 0.3) is 94.1 Å². The smallest absolute Gasteiger partial charge is 0.232 e. The molecule has 0 unspecified atom stereocenters. The van der Waals surface area contributed by atoms with Crippen LogP contribution in [0.4, 0.5) is 0 Å². The van der Waals surface area contributed by atoms with Gasteiger partial charge in [0, 0.05) is 77.9 Å². The van der Waals surface area contributed by atoms with Crippen molar-refractivity contribution >= 4 is 54.6 Å². The number of aromatic nitrogens is 6. The van der Waals surface area contributed by atoms with E-state index in [1.165, 1.54) is 150 Å². The van der Waals surface area contributed by atoms with Crippen LogP contribution in [0.1, 0.15) is 151 Å². The topological polar surface area (TPSA) is 26.1 Å². The molecule has 5 aromatic heterocycles. The van der Waals surface area contributed by atoms with Gasteiger partial charge >= 0.3 is 0 Å². The van der Waals surface area contributed by atoms with Crippen molar-refractivity contribution in [2.24, 2.45) is 21.1 Å². The number of nitrogens with zero attached hydrogens (tertiary/aromatic N) is 6. The zero-order valence-electron chi connectivity index (χ0n) is 55.7. The molecular weight excluding hydrogens is 1070 g/mol. The third kappa shape index (κ3) is 8.29. The summed E-state index contributed by atoms with van der Waals surface area (Å²) in [6.45, 7) is 37.5. The first-order chi connectivity index (χ1) is 41.8. The fourth-order valence-electron chi connectivity index (χ4n) is 15.7. The van der Waals surface area contributed by atoms with E-state index in [0.717, 1.165) is 0 Å². The lowest BCUT2D eigenvalue weighted by Gasteiger charge is -2.43. The molecule has 6 heteroatoms. The summed E-state index contributed by atoms with van der Waals surface area (Å²) in [6, 6.07) is 62.3. The molecule has 0 bridgehead atoms. The van der Waals surface area contributed by atoms with Crippen molar-refractivity contribution in [1.29, 1.82) is 0 Å². The molecule has 8 aromatic carbocycles. The molecule has 0 N–H and O–H groups in total. The van der Waals surface area contributed by atoms with Crippen LogP contribution in [0, 0.1) is 27.7 Å². The normalized spacial score (nSPS) is 15.1. The Hall–Kier alpha value is -8.61. The number of imidazole rings is 3. The minimum atomic E-state index is -0.0556. The first kappa shape index (κ1) is 58.4. The van der Waals surface area contributed by atoms with Gasteiger partial charge in [0.05, 0.1) is 37.5 Å². The van der Waals surface area contributed by atoms with Crippen LogP contribution in [0.3, 0.4) is 0 Å². The molecule has 0 aliphatic carbocycles. The monoisotopic (exact) mass is 1160 g/mol. The van der Waals surface area contributed by atoms with Crippen molar-refractivity contribution in [3.05, 3.63) is 238 Å². The first-order valence-electron chi connectivity index (χ1n) is 32.0. The van der Waals surface area contributed by atoms with E-state index in [2.05, 4.69) is 341 Å². The average Bonchev–Trinajstić information content (AvgIpc) is 1.44. The number of benzene rings is 8. The Labute approximate surface area is 522 Å². The largest absolute Gasteiger partial charge is 0.295 e. The second-order valence-corrected chi connectivity index (χ2v) is 28.4. The van der Waals surface area contributed by atoms with Crippen LogP contribution in [0.5, 0.6) is 0 Å². The van der Waals surface area contributed by atoms with Crippen molar-refractivity contribution in [2.45, 2.75) is 144 Å². The maximum absolute atomic E-state index is 2.59. The maximum atomic E-state index is 2.59. The summed E-state index contributed by atoms with van der Waals surface area (Å²) in [6.07, 6.45) is 4.39. The summed E-state index contributed by atoms with van der Waals surface area (Å²) in [7, 11) is 6.61. The predicted molar refractivity (Wildman–Crippen MR) is 370 cm³/mol. The Kier molecular flexibility index (Phi) is 13.8. The lowest BCUT2D eigenvalue weighted by atomic mass is 9.60. The SMILES string of the molecule is Cc1cccc2c3cccc4c3[n+]3c(c(C)n(C)c3c12)C(C)(C)C4(C)C.Cc1cccc2c3cccc4c3n3c(c(-c5ccccc5)[n+](C)c3c12)C(C)(C)C4(C)C.Cc1ccccc1-c1n(-c2c(C(C)C)cc(-c3ccccc3)cc2C(C)C)cc[n+]1C. The van der Waals surface area contributed by atoms with Gasteiger partial charge in [0.1, 0.15) is 34.8 Å². The molecule has 0 saturated heterocycles. The summed E-state index contributed by atoms with van der Waals surface area (Å²) in [5, 5.41) is 8.17. The molecule has 0 fully saturated rings. The van der Waals surface area contributed by atoms with Crippen molar-refractivity contribution < 1.29 is 13.5 Å². The fourth-order valence-corrected chi connectivity index (χ4v) is 15.7. The van der Waals surface area contributed by atoms with Gasteiger partial charge in [-0.05, 0) is 78.6 Å². The number of pyridine rings is 2. The molecule has 88 heavy (non-hydrogen) atoms. The van der Waals surface area contributed by atoms with Crippen LogP contribution >= 0.6 is 0 Å². The highest BCUT2D eigenvalue weighted by Gasteiger charge is 2.54. The molecule has 6 nitrogen and oxygen atoms in total. The lowest BCUT2D eigenvalue weighted by molar-refractivity contribution is -0.659. The highest BCUT2D eigenvalue weighted by molar-refractivity contribution is 6.14. The van der Waals surface area contributed by atoms with Gasteiger partial charge in [0.2, 0.25) is 0 Å². The van der Waals surface area contributed by atoms with E-state index < -0.39 is 0 Å². The molecule has 2 aliphatic rings. The number of hydrogen-bond acceptors (Lipinski definition) is 0. The quantitative estimate of drug-likeness (QED) is 0.117. The van der Waals surface area contributed by atoms with Gasteiger partial charge in [0.15, 0.2) is 17.1 Å². The van der Waals surface area contributed by atoms with E-state index in [9.17, 15) is 0 Å². The van der Waals surface area contributed by atoms with Gasteiger partial charge < -0.3 is 0 Å². The molecule has 0 spiro atoms. The van der Waals surface area contributed by atoms with E-state index in [1.807, 2.05) is 0 Å².